The lowest BCUT2D eigenvalue weighted by Gasteiger charge is -2.18. The van der Waals surface area contributed by atoms with E-state index in [1.165, 1.54) is 22.8 Å². The maximum atomic E-state index is 15.1. The molecule has 8 nitrogen and oxygen atoms in total. The van der Waals surface area contributed by atoms with E-state index in [0.717, 1.165) is 23.9 Å². The fraction of sp³-hybridized carbons (Fsp3) is 0.0690. The van der Waals surface area contributed by atoms with Gasteiger partial charge in [0.25, 0.3) is 5.69 Å². The van der Waals surface area contributed by atoms with Gasteiger partial charge in [-0.15, -0.1) is 10.2 Å². The molecule has 0 spiro atoms. The third-order valence-electron chi connectivity index (χ3n) is 5.99. The topological polar surface area (TPSA) is 103 Å². The average Bonchev–Trinajstić information content (AvgIpc) is 3.36. The van der Waals surface area contributed by atoms with Crippen molar-refractivity contribution in [2.45, 2.75) is 17.3 Å². The van der Waals surface area contributed by atoms with Crippen LogP contribution in [0.5, 0.6) is 0 Å². The Morgan fingerprint density at radius 1 is 0.950 bits per heavy atom. The zero-order valence-corrected chi connectivity index (χ0v) is 21.8. The first-order chi connectivity index (χ1) is 19.3. The normalized spacial score (nSPS) is 11.7. The summed E-state index contributed by atoms with van der Waals surface area (Å²) in [7, 11) is 0. The molecule has 1 N–H and O–H groups in total. The second kappa shape index (κ2) is 11.5. The van der Waals surface area contributed by atoms with Crippen molar-refractivity contribution in [3.8, 4) is 17.1 Å². The lowest BCUT2D eigenvalue weighted by Crippen LogP contribution is -2.20. The number of hydrogen-bond acceptors (Lipinski definition) is 6. The Labute approximate surface area is 231 Å². The summed E-state index contributed by atoms with van der Waals surface area (Å²) in [5.41, 5.74) is 1.67. The molecule has 0 saturated heterocycles. The number of carbonyl (C=O) groups excluding carboxylic acids is 1. The number of nitro benzene ring substituents is 1. The number of anilines is 1. The molecule has 0 fully saturated rings. The molecule has 200 valence electrons. The number of nitro groups is 1. The van der Waals surface area contributed by atoms with Gasteiger partial charge in [0.1, 0.15) is 22.6 Å². The van der Waals surface area contributed by atoms with Gasteiger partial charge in [0.05, 0.1) is 10.6 Å². The minimum Gasteiger partial charge on any atom is -0.319 e. The lowest BCUT2D eigenvalue weighted by atomic mass is 10.1. The minimum absolute atomic E-state index is 0.00542. The van der Waals surface area contributed by atoms with Gasteiger partial charge in [-0.2, -0.15) is 0 Å². The molecule has 0 aliphatic heterocycles. The van der Waals surface area contributed by atoms with Crippen LogP contribution in [0.1, 0.15) is 16.4 Å². The number of thioether (sulfide) groups is 1. The smallest absolute Gasteiger partial charge is 0.293 e. The number of nitrogens with zero attached hydrogens (tertiary/aromatic N) is 4. The molecule has 0 aliphatic carbocycles. The largest absolute Gasteiger partial charge is 0.319 e. The first-order valence-corrected chi connectivity index (χ1v) is 12.9. The minimum atomic E-state index is -0.961. The van der Waals surface area contributed by atoms with Crippen molar-refractivity contribution < 1.29 is 18.5 Å². The summed E-state index contributed by atoms with van der Waals surface area (Å²) in [6, 6.07) is 25.4. The van der Waals surface area contributed by atoms with Crippen LogP contribution in [0.2, 0.25) is 0 Å². The monoisotopic (exact) mass is 557 g/mol. The van der Waals surface area contributed by atoms with E-state index in [1.54, 1.807) is 67.6 Å². The van der Waals surface area contributed by atoms with Gasteiger partial charge in [-0.1, -0.05) is 78.5 Å². The summed E-state index contributed by atoms with van der Waals surface area (Å²) in [6.45, 7) is 1.72. The Hall–Kier alpha value is -4.90. The van der Waals surface area contributed by atoms with Crippen LogP contribution < -0.4 is 5.32 Å². The van der Waals surface area contributed by atoms with E-state index in [1.807, 2.05) is 6.07 Å². The fourth-order valence-electron chi connectivity index (χ4n) is 4.10. The summed E-state index contributed by atoms with van der Waals surface area (Å²) in [4.78, 5) is 24.8. The number of aromatic nitrogens is 3. The van der Waals surface area contributed by atoms with Gasteiger partial charge in [0.2, 0.25) is 5.91 Å². The van der Waals surface area contributed by atoms with Crippen LogP contribution in [0.15, 0.2) is 102 Å². The maximum Gasteiger partial charge on any atom is 0.293 e. The molecule has 11 heteroatoms. The molecule has 0 aliphatic rings. The Balaban J connectivity index is 1.60. The van der Waals surface area contributed by atoms with Gasteiger partial charge in [-0.3, -0.25) is 19.5 Å². The van der Waals surface area contributed by atoms with E-state index < -0.39 is 27.7 Å². The molecular formula is C29H21F2N5O3S. The summed E-state index contributed by atoms with van der Waals surface area (Å²) in [5, 5.41) is 22.1. The number of carbonyl (C=O) groups is 1. The first-order valence-electron chi connectivity index (χ1n) is 12.1. The number of halogens is 2. The van der Waals surface area contributed by atoms with E-state index in [0.29, 0.717) is 16.7 Å². The quantitative estimate of drug-likeness (QED) is 0.126. The van der Waals surface area contributed by atoms with Crippen molar-refractivity contribution >= 4 is 29.0 Å². The van der Waals surface area contributed by atoms with Crippen LogP contribution in [0, 0.1) is 28.7 Å². The summed E-state index contributed by atoms with van der Waals surface area (Å²) < 4.78 is 30.3. The highest BCUT2D eigenvalue weighted by atomic mass is 32.2. The van der Waals surface area contributed by atoms with Crippen LogP contribution >= 0.6 is 11.8 Å². The van der Waals surface area contributed by atoms with E-state index in [9.17, 15) is 19.3 Å². The van der Waals surface area contributed by atoms with E-state index >= 15 is 4.39 Å². The molecule has 1 aromatic heterocycles. The van der Waals surface area contributed by atoms with Crippen molar-refractivity contribution in [1.29, 1.82) is 0 Å². The Morgan fingerprint density at radius 3 is 2.33 bits per heavy atom. The van der Waals surface area contributed by atoms with Gasteiger partial charge < -0.3 is 5.32 Å². The van der Waals surface area contributed by atoms with Gasteiger partial charge in [-0.05, 0) is 36.2 Å². The van der Waals surface area contributed by atoms with Crippen LogP contribution in [-0.2, 0) is 4.79 Å². The van der Waals surface area contributed by atoms with Gasteiger partial charge in [-0.25, -0.2) is 8.78 Å². The average molecular weight is 558 g/mol. The summed E-state index contributed by atoms with van der Waals surface area (Å²) in [5.74, 6) is -1.85. The molecule has 0 unspecified atom stereocenters. The second-order valence-electron chi connectivity index (χ2n) is 8.78. The predicted octanol–water partition coefficient (Wildman–Crippen LogP) is 6.90. The molecule has 1 atom stereocenters. The van der Waals surface area contributed by atoms with Crippen LogP contribution in [0.3, 0.4) is 0 Å². The number of nitrogens with one attached hydrogen (secondary N) is 1. The number of aryl methyl sites for hydroxylation is 1. The molecule has 5 aromatic rings. The number of hydrogen-bond donors (Lipinski definition) is 1. The summed E-state index contributed by atoms with van der Waals surface area (Å²) in [6.07, 6.45) is 0. The van der Waals surface area contributed by atoms with Crippen molar-refractivity contribution in [3.63, 3.8) is 0 Å². The second-order valence-corrected chi connectivity index (χ2v) is 9.85. The highest BCUT2D eigenvalue weighted by Gasteiger charge is 2.29. The fourth-order valence-corrected chi connectivity index (χ4v) is 5.15. The van der Waals surface area contributed by atoms with Crippen molar-refractivity contribution in [1.82, 2.24) is 14.8 Å². The van der Waals surface area contributed by atoms with E-state index in [4.69, 9.17) is 0 Å². The molecule has 1 amide bonds. The highest BCUT2D eigenvalue weighted by Crippen LogP contribution is 2.39. The number of benzene rings is 4. The lowest BCUT2D eigenvalue weighted by molar-refractivity contribution is -0.384. The number of rotatable bonds is 8. The van der Waals surface area contributed by atoms with E-state index in [2.05, 4.69) is 15.5 Å². The molecule has 1 heterocycles. The number of amides is 1. The van der Waals surface area contributed by atoms with Crippen LogP contribution in [0.25, 0.3) is 17.1 Å². The van der Waals surface area contributed by atoms with Crippen molar-refractivity contribution in [2.75, 3.05) is 5.32 Å². The standard InChI is InChI=1S/C29H21F2N5O3S/c1-18-12-14-23(25(16-18)36(38)39)32-28(37)26(19-8-4-2-5-9-19)40-29-34-33-27(20-10-6-3-7-11-20)35(29)24-15-13-21(30)17-22(24)31/h2-17,26H,1H3,(H,32,37)/t26-/m1/s1. The molecule has 0 bridgehead atoms. The zero-order chi connectivity index (χ0) is 28.2. The summed E-state index contributed by atoms with van der Waals surface area (Å²) >= 11 is 0.983. The molecule has 0 saturated carbocycles. The Morgan fingerprint density at radius 2 is 1.65 bits per heavy atom. The SMILES string of the molecule is Cc1ccc(NC(=O)[C@H](Sc2nnc(-c3ccccc3)n2-c2ccc(F)cc2F)c2ccccc2)c([N+](=O)[O-])c1. The third kappa shape index (κ3) is 5.59. The Bertz CT molecular complexity index is 1700. The van der Waals surface area contributed by atoms with Crippen molar-refractivity contribution in [2.24, 2.45) is 0 Å². The molecule has 0 radical (unpaired) electrons. The van der Waals surface area contributed by atoms with Gasteiger partial charge in [0.15, 0.2) is 11.0 Å². The molecule has 40 heavy (non-hydrogen) atoms. The third-order valence-corrected chi connectivity index (χ3v) is 7.18. The first kappa shape index (κ1) is 26.7. The maximum absolute atomic E-state index is 15.1. The van der Waals surface area contributed by atoms with Crippen LogP contribution in [0.4, 0.5) is 20.2 Å². The molecule has 4 aromatic carbocycles. The molecule has 5 rings (SSSR count). The van der Waals surface area contributed by atoms with Gasteiger partial charge in [0, 0.05) is 17.7 Å². The highest BCUT2D eigenvalue weighted by molar-refractivity contribution is 8.00. The van der Waals surface area contributed by atoms with Crippen molar-refractivity contribution in [3.05, 3.63) is 130 Å². The molecular weight excluding hydrogens is 536 g/mol. The zero-order valence-electron chi connectivity index (χ0n) is 21.0. The Kier molecular flexibility index (Phi) is 7.65. The predicted molar refractivity (Wildman–Crippen MR) is 148 cm³/mol. The van der Waals surface area contributed by atoms with Crippen LogP contribution in [-0.4, -0.2) is 25.6 Å². The van der Waals surface area contributed by atoms with Gasteiger partial charge >= 0.3 is 0 Å². The van der Waals surface area contributed by atoms with E-state index in [-0.39, 0.29) is 28.0 Å².